The minimum atomic E-state index is -0.763. The highest BCUT2D eigenvalue weighted by atomic mass is 35.5. The van der Waals surface area contributed by atoms with Crippen molar-refractivity contribution in [2.45, 2.75) is 32.2 Å². The SMILES string of the molecule is CC1CC1C(NC(=O)N1CCC(C(=O)O)CC1)c1ccc(Cl)cc1. The molecular formula is C18H23ClN2O3. The second-order valence-corrected chi connectivity index (χ2v) is 7.39. The standard InChI is InChI=1S/C18H23ClN2O3/c1-11-10-15(11)16(12-2-4-14(19)5-3-12)20-18(24)21-8-6-13(7-9-21)17(22)23/h2-5,11,13,15-16H,6-10H2,1H3,(H,20,24)(H,22,23). The van der Waals surface area contributed by atoms with Gasteiger partial charge in [0.1, 0.15) is 0 Å². The van der Waals surface area contributed by atoms with Gasteiger partial charge in [-0.2, -0.15) is 0 Å². The molecule has 1 aromatic carbocycles. The summed E-state index contributed by atoms with van der Waals surface area (Å²) in [4.78, 5) is 25.4. The Morgan fingerprint density at radius 2 is 1.83 bits per heavy atom. The topological polar surface area (TPSA) is 69.6 Å². The normalized spacial score (nSPS) is 25.2. The van der Waals surface area contributed by atoms with E-state index in [9.17, 15) is 9.59 Å². The number of hydrogen-bond acceptors (Lipinski definition) is 2. The van der Waals surface area contributed by atoms with Crippen LogP contribution in [0, 0.1) is 17.8 Å². The second-order valence-electron chi connectivity index (χ2n) is 6.96. The zero-order valence-electron chi connectivity index (χ0n) is 13.7. The van der Waals surface area contributed by atoms with Crippen molar-refractivity contribution < 1.29 is 14.7 Å². The lowest BCUT2D eigenvalue weighted by molar-refractivity contribution is -0.143. The number of carbonyl (C=O) groups excluding carboxylic acids is 1. The molecule has 3 rings (SSSR count). The molecule has 2 N–H and O–H groups in total. The quantitative estimate of drug-likeness (QED) is 0.872. The Kier molecular flexibility index (Phi) is 4.99. The average molecular weight is 351 g/mol. The number of likely N-dealkylation sites (tertiary alicyclic amines) is 1. The minimum Gasteiger partial charge on any atom is -0.481 e. The monoisotopic (exact) mass is 350 g/mol. The predicted octanol–water partition coefficient (Wildman–Crippen LogP) is 3.54. The summed E-state index contributed by atoms with van der Waals surface area (Å²) in [6.45, 7) is 3.19. The molecule has 3 unspecified atom stereocenters. The molecule has 1 saturated carbocycles. The Bertz CT molecular complexity index is 611. The predicted molar refractivity (Wildman–Crippen MR) is 91.9 cm³/mol. The molecule has 0 aromatic heterocycles. The number of urea groups is 1. The van der Waals surface area contributed by atoms with Gasteiger partial charge in [0, 0.05) is 18.1 Å². The van der Waals surface area contributed by atoms with Crippen molar-refractivity contribution in [2.24, 2.45) is 17.8 Å². The highest BCUT2D eigenvalue weighted by Gasteiger charge is 2.41. The molecule has 0 spiro atoms. The van der Waals surface area contributed by atoms with E-state index in [2.05, 4.69) is 12.2 Å². The number of benzene rings is 1. The summed E-state index contributed by atoms with van der Waals surface area (Å²) in [5.74, 6) is -0.0409. The van der Waals surface area contributed by atoms with Crippen LogP contribution in [0.1, 0.15) is 37.8 Å². The molecule has 0 radical (unpaired) electrons. The first-order valence-corrected chi connectivity index (χ1v) is 8.87. The van der Waals surface area contributed by atoms with Crippen LogP contribution in [0.15, 0.2) is 24.3 Å². The van der Waals surface area contributed by atoms with E-state index < -0.39 is 5.97 Å². The molecule has 5 nitrogen and oxygen atoms in total. The number of hydrogen-bond donors (Lipinski definition) is 2. The van der Waals surface area contributed by atoms with Crippen molar-refractivity contribution in [2.75, 3.05) is 13.1 Å². The lowest BCUT2D eigenvalue weighted by atomic mass is 9.97. The van der Waals surface area contributed by atoms with E-state index in [-0.39, 0.29) is 18.0 Å². The van der Waals surface area contributed by atoms with E-state index in [1.807, 2.05) is 24.3 Å². The highest BCUT2D eigenvalue weighted by Crippen LogP contribution is 2.47. The van der Waals surface area contributed by atoms with Crippen molar-refractivity contribution in [3.63, 3.8) is 0 Å². The number of aliphatic carboxylic acids is 1. The van der Waals surface area contributed by atoms with Crippen LogP contribution in [0.3, 0.4) is 0 Å². The van der Waals surface area contributed by atoms with E-state index in [4.69, 9.17) is 16.7 Å². The van der Waals surface area contributed by atoms with Crippen LogP contribution >= 0.6 is 11.6 Å². The van der Waals surface area contributed by atoms with Crippen molar-refractivity contribution >= 4 is 23.6 Å². The van der Waals surface area contributed by atoms with Crippen LogP contribution in [0.4, 0.5) is 4.79 Å². The van der Waals surface area contributed by atoms with Crippen molar-refractivity contribution in [1.82, 2.24) is 10.2 Å². The molecule has 1 aliphatic heterocycles. The lowest BCUT2D eigenvalue weighted by Gasteiger charge is -2.32. The molecule has 24 heavy (non-hydrogen) atoms. The number of piperidine rings is 1. The van der Waals surface area contributed by atoms with Gasteiger partial charge in [-0.15, -0.1) is 0 Å². The van der Waals surface area contributed by atoms with Gasteiger partial charge in [-0.3, -0.25) is 4.79 Å². The third-order valence-electron chi connectivity index (χ3n) is 5.24. The Morgan fingerprint density at radius 3 is 2.33 bits per heavy atom. The first-order chi connectivity index (χ1) is 11.5. The second kappa shape index (κ2) is 7.01. The largest absolute Gasteiger partial charge is 0.481 e. The minimum absolute atomic E-state index is 0.0121. The van der Waals surface area contributed by atoms with E-state index in [0.717, 1.165) is 12.0 Å². The Labute approximate surface area is 147 Å². The average Bonchev–Trinajstić information content (AvgIpc) is 3.30. The zero-order valence-corrected chi connectivity index (χ0v) is 14.5. The van der Waals surface area contributed by atoms with Crippen molar-refractivity contribution in [1.29, 1.82) is 0 Å². The van der Waals surface area contributed by atoms with Gasteiger partial charge >= 0.3 is 12.0 Å². The smallest absolute Gasteiger partial charge is 0.317 e. The Balaban J connectivity index is 1.64. The van der Waals surface area contributed by atoms with Crippen LogP contribution in [0.2, 0.25) is 5.02 Å². The number of nitrogens with zero attached hydrogens (tertiary/aromatic N) is 1. The molecular weight excluding hydrogens is 328 g/mol. The lowest BCUT2D eigenvalue weighted by Crippen LogP contribution is -2.46. The van der Waals surface area contributed by atoms with Crippen LogP contribution < -0.4 is 5.32 Å². The van der Waals surface area contributed by atoms with Crippen LogP contribution in [-0.2, 0) is 4.79 Å². The number of halogens is 1. The number of carbonyl (C=O) groups is 2. The fourth-order valence-corrected chi connectivity index (χ4v) is 3.60. The molecule has 0 bridgehead atoms. The summed E-state index contributed by atoms with van der Waals surface area (Å²) in [5, 5.41) is 12.9. The summed E-state index contributed by atoms with van der Waals surface area (Å²) in [6.07, 6.45) is 2.15. The summed E-state index contributed by atoms with van der Waals surface area (Å²) < 4.78 is 0. The number of nitrogens with one attached hydrogen (secondary N) is 1. The van der Waals surface area contributed by atoms with Crippen molar-refractivity contribution in [3.8, 4) is 0 Å². The van der Waals surface area contributed by atoms with Gasteiger partial charge in [0.15, 0.2) is 0 Å². The fraction of sp³-hybridized carbons (Fsp3) is 0.556. The molecule has 6 heteroatoms. The molecule has 130 valence electrons. The molecule has 1 saturated heterocycles. The number of carboxylic acid groups (broad SMARTS) is 1. The number of rotatable bonds is 4. The third-order valence-corrected chi connectivity index (χ3v) is 5.49. The third kappa shape index (κ3) is 3.83. The number of carboxylic acids is 1. The van der Waals surface area contributed by atoms with E-state index >= 15 is 0 Å². The zero-order chi connectivity index (χ0) is 17.3. The Morgan fingerprint density at radius 1 is 1.25 bits per heavy atom. The molecule has 2 aliphatic rings. The van der Waals surface area contributed by atoms with Gasteiger partial charge in [-0.1, -0.05) is 30.7 Å². The van der Waals surface area contributed by atoms with Gasteiger partial charge < -0.3 is 15.3 Å². The van der Waals surface area contributed by atoms with Crippen LogP contribution in [0.25, 0.3) is 0 Å². The van der Waals surface area contributed by atoms with Gasteiger partial charge in [-0.05, 0) is 48.8 Å². The summed E-state index contributed by atoms with van der Waals surface area (Å²) in [6, 6.07) is 7.52. The first kappa shape index (κ1) is 17.1. The van der Waals surface area contributed by atoms with E-state index in [1.54, 1.807) is 4.90 Å². The summed E-state index contributed by atoms with van der Waals surface area (Å²) in [7, 11) is 0. The van der Waals surface area contributed by atoms with E-state index in [0.29, 0.717) is 42.8 Å². The highest BCUT2D eigenvalue weighted by molar-refractivity contribution is 6.30. The summed E-state index contributed by atoms with van der Waals surface area (Å²) in [5.41, 5.74) is 1.07. The Hall–Kier alpha value is -1.75. The van der Waals surface area contributed by atoms with Gasteiger partial charge in [0.2, 0.25) is 0 Å². The number of amides is 2. The van der Waals surface area contributed by atoms with Gasteiger partial charge in [-0.25, -0.2) is 4.79 Å². The maximum Gasteiger partial charge on any atom is 0.317 e. The fourth-order valence-electron chi connectivity index (χ4n) is 3.48. The molecule has 2 fully saturated rings. The molecule has 1 heterocycles. The van der Waals surface area contributed by atoms with Crippen LogP contribution in [-0.4, -0.2) is 35.1 Å². The maximum absolute atomic E-state index is 12.6. The molecule has 1 aromatic rings. The van der Waals surface area contributed by atoms with Crippen LogP contribution in [0.5, 0.6) is 0 Å². The van der Waals surface area contributed by atoms with Crippen molar-refractivity contribution in [3.05, 3.63) is 34.9 Å². The summed E-state index contributed by atoms with van der Waals surface area (Å²) >= 11 is 5.96. The molecule has 1 aliphatic carbocycles. The van der Waals surface area contributed by atoms with Gasteiger partial charge in [0.25, 0.3) is 0 Å². The van der Waals surface area contributed by atoms with Gasteiger partial charge in [0.05, 0.1) is 12.0 Å². The maximum atomic E-state index is 12.6. The molecule has 3 atom stereocenters. The molecule has 2 amide bonds. The van der Waals surface area contributed by atoms with E-state index in [1.165, 1.54) is 0 Å². The first-order valence-electron chi connectivity index (χ1n) is 8.49.